The van der Waals surface area contributed by atoms with Gasteiger partial charge in [-0.25, -0.2) is 0 Å². The van der Waals surface area contributed by atoms with Crippen LogP contribution in [0.2, 0.25) is 0 Å². The first-order valence-corrected chi connectivity index (χ1v) is 21.3. The zero-order chi connectivity index (χ0) is 39.6. The number of fused-ring (bicyclic) bond motifs is 5. The van der Waals surface area contributed by atoms with Crippen molar-refractivity contribution < 1.29 is 69.3 Å². The Bertz CT molecular complexity index is 1260. The predicted molar refractivity (Wildman–Crippen MR) is 196 cm³/mol. The van der Waals surface area contributed by atoms with E-state index >= 15 is 0 Å². The number of hydrogen-bond donors (Lipinski definition) is 8. The van der Waals surface area contributed by atoms with E-state index in [0.717, 1.165) is 38.5 Å². The summed E-state index contributed by atoms with van der Waals surface area (Å²) in [5.74, 6) is 0.412. The summed E-state index contributed by atoms with van der Waals surface area (Å²) in [5.41, 5.74) is -1.80. The van der Waals surface area contributed by atoms with Crippen LogP contribution in [-0.4, -0.2) is 146 Å². The summed E-state index contributed by atoms with van der Waals surface area (Å²) in [4.78, 5) is 0. The first kappa shape index (κ1) is 42.6. The zero-order valence-corrected chi connectivity index (χ0v) is 33.4. The largest absolute Gasteiger partial charge is 0.396 e. The number of hydrogen-bond acceptors (Lipinski definition) is 14. The molecule has 14 heteroatoms. The maximum Gasteiger partial charge on any atom is 0.161 e. The van der Waals surface area contributed by atoms with Crippen LogP contribution in [-0.2, 0) is 28.4 Å². The average molecular weight is 787 g/mol. The molecule has 22 atom stereocenters. The molecule has 3 aliphatic heterocycles. The third-order valence-electron chi connectivity index (χ3n) is 16.2. The molecule has 8 N–H and O–H groups in total. The van der Waals surface area contributed by atoms with Gasteiger partial charge in [0.2, 0.25) is 0 Å². The van der Waals surface area contributed by atoms with E-state index in [4.69, 9.17) is 28.4 Å². The van der Waals surface area contributed by atoms with Crippen molar-refractivity contribution in [3.63, 3.8) is 0 Å². The molecule has 7 unspecified atom stereocenters. The molecule has 318 valence electrons. The lowest BCUT2D eigenvalue weighted by Crippen LogP contribution is -2.67. The highest BCUT2D eigenvalue weighted by atomic mass is 16.7. The second-order valence-electron chi connectivity index (χ2n) is 19.0. The maximum absolute atomic E-state index is 12.6. The molecule has 3 heterocycles. The molecular formula is C41H70O14. The van der Waals surface area contributed by atoms with Crippen LogP contribution >= 0.6 is 0 Å². The van der Waals surface area contributed by atoms with Crippen LogP contribution in [0.5, 0.6) is 0 Å². The molecular weight excluding hydrogens is 716 g/mol. The third kappa shape index (κ3) is 7.60. The number of aliphatic hydroxyl groups excluding tert-OH is 7. The summed E-state index contributed by atoms with van der Waals surface area (Å²) in [6, 6.07) is 0. The van der Waals surface area contributed by atoms with Crippen molar-refractivity contribution in [3.8, 4) is 0 Å². The summed E-state index contributed by atoms with van der Waals surface area (Å²) >= 11 is 0. The van der Waals surface area contributed by atoms with Gasteiger partial charge in [-0.3, -0.25) is 0 Å². The van der Waals surface area contributed by atoms with Crippen LogP contribution in [0.3, 0.4) is 0 Å². The Morgan fingerprint density at radius 1 is 0.655 bits per heavy atom. The van der Waals surface area contributed by atoms with Crippen molar-refractivity contribution in [1.29, 1.82) is 0 Å². The molecule has 4 saturated carbocycles. The second-order valence-corrected chi connectivity index (χ2v) is 19.0. The maximum atomic E-state index is 12.6. The molecule has 3 saturated heterocycles. The highest BCUT2D eigenvalue weighted by Crippen LogP contribution is 2.70. The summed E-state index contributed by atoms with van der Waals surface area (Å²) < 4.78 is 36.8. The van der Waals surface area contributed by atoms with Crippen LogP contribution in [0.4, 0.5) is 0 Å². The fourth-order valence-electron chi connectivity index (χ4n) is 13.0. The van der Waals surface area contributed by atoms with E-state index in [1.807, 2.05) is 13.8 Å². The van der Waals surface area contributed by atoms with Crippen molar-refractivity contribution in [2.75, 3.05) is 13.2 Å². The minimum Gasteiger partial charge on any atom is -0.396 e. The lowest BCUT2D eigenvalue weighted by atomic mass is 9.42. The Labute approximate surface area is 325 Å². The van der Waals surface area contributed by atoms with Crippen molar-refractivity contribution in [2.45, 2.75) is 203 Å². The van der Waals surface area contributed by atoms with Gasteiger partial charge < -0.3 is 69.3 Å². The molecule has 0 aromatic heterocycles. The average Bonchev–Trinajstić information content (AvgIpc) is 3.41. The van der Waals surface area contributed by atoms with Gasteiger partial charge in [0.05, 0.1) is 54.4 Å². The van der Waals surface area contributed by atoms with Crippen LogP contribution in [0, 0.1) is 40.4 Å². The van der Waals surface area contributed by atoms with Gasteiger partial charge in [0.25, 0.3) is 0 Å². The SMILES string of the molecule is CC1O[C@@H](OC2C(C)O[C@H](OC3C(C)O[C@@H](O[C@H]4CC[C@@]5(C)[C@H](CC[C@@H]6[C@@H]5C[C@@H](O)[C@]5(C)[C@@H](C(CO)CCO)CC[C@]65O)C4)C[C@H]3O)C[C@H]2O)C[C@@H](O)C1O. The van der Waals surface area contributed by atoms with Gasteiger partial charge in [-0.15, -0.1) is 0 Å². The Balaban J connectivity index is 0.911. The molecule has 7 aliphatic rings. The predicted octanol–water partition coefficient (Wildman–Crippen LogP) is 1.73. The number of rotatable bonds is 10. The highest BCUT2D eigenvalue weighted by molar-refractivity contribution is 5.20. The lowest BCUT2D eigenvalue weighted by molar-refractivity contribution is -0.336. The van der Waals surface area contributed by atoms with Gasteiger partial charge in [0.15, 0.2) is 18.9 Å². The molecule has 55 heavy (non-hydrogen) atoms. The Hall–Kier alpha value is -0.560. The third-order valence-corrected chi connectivity index (χ3v) is 16.2. The highest BCUT2D eigenvalue weighted by Gasteiger charge is 2.71. The van der Waals surface area contributed by atoms with E-state index in [1.165, 1.54) is 0 Å². The van der Waals surface area contributed by atoms with Crippen molar-refractivity contribution in [3.05, 3.63) is 0 Å². The van der Waals surface area contributed by atoms with Gasteiger partial charge >= 0.3 is 0 Å². The minimum absolute atomic E-state index is 0.0189. The molecule has 0 bridgehead atoms. The standard InChI is InChI=1S/C41H70O14/c1-20-36(48)29(44)16-34(50-20)54-38-22(3)52-35(18-31(38)46)55-37-21(2)51-33(17-30(37)45)53-25-8-11-39(4)24(14-25)6-7-27-28(39)15-32(47)40(5)26(9-12-41(27,40)49)23(19-43)10-13-42/h20-38,42-49H,6-19H2,1-5H3/t20?,21?,22?,23?,24-,25+,26-,27-,28+,29-,30-,31-,32-,33+,34+,35-,36?,37?,38?,39+,40+,41+/m1/s1. The zero-order valence-electron chi connectivity index (χ0n) is 33.4. The summed E-state index contributed by atoms with van der Waals surface area (Å²) in [7, 11) is 0. The van der Waals surface area contributed by atoms with E-state index in [0.29, 0.717) is 25.2 Å². The number of ether oxygens (including phenoxy) is 6. The van der Waals surface area contributed by atoms with E-state index in [2.05, 4.69) is 6.92 Å². The molecule has 0 spiro atoms. The second kappa shape index (κ2) is 16.5. The van der Waals surface area contributed by atoms with Gasteiger partial charge in [0.1, 0.15) is 18.3 Å². The summed E-state index contributed by atoms with van der Waals surface area (Å²) in [5, 5.41) is 86.8. The molecule has 14 nitrogen and oxygen atoms in total. The van der Waals surface area contributed by atoms with Gasteiger partial charge in [-0.2, -0.15) is 0 Å². The molecule has 0 aromatic carbocycles. The monoisotopic (exact) mass is 786 g/mol. The van der Waals surface area contributed by atoms with Gasteiger partial charge in [-0.1, -0.05) is 13.8 Å². The van der Waals surface area contributed by atoms with E-state index in [-0.39, 0.29) is 67.7 Å². The molecule has 0 amide bonds. The first-order chi connectivity index (χ1) is 26.0. The molecule has 4 aliphatic carbocycles. The molecule has 7 fully saturated rings. The fraction of sp³-hybridized carbons (Fsp3) is 1.00. The molecule has 0 radical (unpaired) electrons. The summed E-state index contributed by atoms with van der Waals surface area (Å²) in [6.45, 7) is 9.56. The van der Waals surface area contributed by atoms with Crippen LogP contribution in [0.15, 0.2) is 0 Å². The lowest BCUT2D eigenvalue weighted by Gasteiger charge is -2.65. The quantitative estimate of drug-likeness (QED) is 0.148. The smallest absolute Gasteiger partial charge is 0.161 e. The Kier molecular flexibility index (Phi) is 12.8. The normalized spacial score (nSPS) is 54.9. The number of aliphatic hydroxyl groups is 8. The Morgan fingerprint density at radius 2 is 1.24 bits per heavy atom. The minimum atomic E-state index is -1.02. The molecule has 7 rings (SSSR count). The Morgan fingerprint density at radius 3 is 1.80 bits per heavy atom. The van der Waals surface area contributed by atoms with Crippen molar-refractivity contribution in [2.24, 2.45) is 40.4 Å². The first-order valence-electron chi connectivity index (χ1n) is 21.3. The van der Waals surface area contributed by atoms with Crippen LogP contribution in [0.1, 0.15) is 112 Å². The van der Waals surface area contributed by atoms with Gasteiger partial charge in [-0.05, 0) is 114 Å². The molecule has 0 aromatic rings. The van der Waals surface area contributed by atoms with E-state index < -0.39 is 90.9 Å². The van der Waals surface area contributed by atoms with Crippen LogP contribution in [0.25, 0.3) is 0 Å². The van der Waals surface area contributed by atoms with Crippen molar-refractivity contribution in [1.82, 2.24) is 0 Å². The fourth-order valence-corrected chi connectivity index (χ4v) is 13.0. The summed E-state index contributed by atoms with van der Waals surface area (Å²) in [6.07, 6.45) is -2.67. The van der Waals surface area contributed by atoms with Gasteiger partial charge in [0, 0.05) is 37.9 Å². The van der Waals surface area contributed by atoms with Crippen molar-refractivity contribution >= 4 is 0 Å². The van der Waals surface area contributed by atoms with E-state index in [1.54, 1.807) is 13.8 Å². The van der Waals surface area contributed by atoms with Crippen LogP contribution < -0.4 is 0 Å². The topological polar surface area (TPSA) is 217 Å². The van der Waals surface area contributed by atoms with E-state index in [9.17, 15) is 40.9 Å².